The standard InChI is InChI=1S/C14H20N2O/c1-2-8-16-9-7-13(10-16)11-3-5-12(6-4-11)14(15)17/h3-6,13H,2,7-10H2,1H3,(H2,15,17)/t13-/m1/s1. The first kappa shape index (κ1) is 12.1. The van der Waals surface area contributed by atoms with Crippen molar-refractivity contribution in [3.05, 3.63) is 35.4 Å². The van der Waals surface area contributed by atoms with Crippen LogP contribution in [0.4, 0.5) is 0 Å². The Morgan fingerprint density at radius 2 is 2.12 bits per heavy atom. The maximum Gasteiger partial charge on any atom is 0.248 e. The third-order valence-electron chi connectivity index (χ3n) is 3.48. The van der Waals surface area contributed by atoms with Crippen molar-refractivity contribution in [1.29, 1.82) is 0 Å². The van der Waals surface area contributed by atoms with Crippen molar-refractivity contribution in [1.82, 2.24) is 4.90 Å². The van der Waals surface area contributed by atoms with Gasteiger partial charge in [0.05, 0.1) is 0 Å². The maximum absolute atomic E-state index is 11.0. The fraction of sp³-hybridized carbons (Fsp3) is 0.500. The Bertz CT molecular complexity index is 386. The molecule has 2 N–H and O–H groups in total. The number of nitrogens with zero attached hydrogens (tertiary/aromatic N) is 1. The number of primary amides is 1. The quantitative estimate of drug-likeness (QED) is 0.863. The summed E-state index contributed by atoms with van der Waals surface area (Å²) in [5.41, 5.74) is 7.15. The molecule has 0 bridgehead atoms. The molecule has 92 valence electrons. The smallest absolute Gasteiger partial charge is 0.248 e. The van der Waals surface area contributed by atoms with Crippen molar-refractivity contribution in [2.24, 2.45) is 5.73 Å². The highest BCUT2D eigenvalue weighted by atomic mass is 16.1. The fourth-order valence-corrected chi connectivity index (χ4v) is 2.54. The van der Waals surface area contributed by atoms with E-state index in [0.29, 0.717) is 11.5 Å². The molecule has 3 nitrogen and oxygen atoms in total. The van der Waals surface area contributed by atoms with E-state index >= 15 is 0 Å². The minimum atomic E-state index is -0.351. The van der Waals surface area contributed by atoms with Gasteiger partial charge in [-0.05, 0) is 49.5 Å². The molecule has 0 aromatic heterocycles. The highest BCUT2D eigenvalue weighted by Gasteiger charge is 2.22. The van der Waals surface area contributed by atoms with Gasteiger partial charge in [0, 0.05) is 12.1 Å². The molecule has 0 aliphatic carbocycles. The van der Waals surface area contributed by atoms with Gasteiger partial charge in [-0.2, -0.15) is 0 Å². The Morgan fingerprint density at radius 1 is 1.41 bits per heavy atom. The van der Waals surface area contributed by atoms with Gasteiger partial charge in [-0.25, -0.2) is 0 Å². The molecule has 1 saturated heterocycles. The predicted molar refractivity (Wildman–Crippen MR) is 69.0 cm³/mol. The van der Waals surface area contributed by atoms with Crippen LogP contribution in [0.25, 0.3) is 0 Å². The van der Waals surface area contributed by atoms with Crippen molar-refractivity contribution < 1.29 is 4.79 Å². The number of carbonyl (C=O) groups is 1. The lowest BCUT2D eigenvalue weighted by atomic mass is 9.97. The second-order valence-corrected chi connectivity index (χ2v) is 4.77. The summed E-state index contributed by atoms with van der Waals surface area (Å²) in [6.07, 6.45) is 2.43. The molecule has 1 aliphatic heterocycles. The monoisotopic (exact) mass is 232 g/mol. The van der Waals surface area contributed by atoms with Crippen LogP contribution in [0.3, 0.4) is 0 Å². The van der Waals surface area contributed by atoms with E-state index in [9.17, 15) is 4.79 Å². The number of likely N-dealkylation sites (tertiary alicyclic amines) is 1. The van der Waals surface area contributed by atoms with Gasteiger partial charge < -0.3 is 10.6 Å². The van der Waals surface area contributed by atoms with Gasteiger partial charge in [0.2, 0.25) is 5.91 Å². The van der Waals surface area contributed by atoms with Gasteiger partial charge in [0.15, 0.2) is 0 Å². The van der Waals surface area contributed by atoms with Gasteiger partial charge in [-0.3, -0.25) is 4.79 Å². The molecule has 1 aliphatic rings. The first-order valence-electron chi connectivity index (χ1n) is 6.33. The molecule has 0 unspecified atom stereocenters. The van der Waals surface area contributed by atoms with Crippen LogP contribution in [0.1, 0.15) is 41.6 Å². The normalized spacial score (nSPS) is 20.6. The van der Waals surface area contributed by atoms with E-state index < -0.39 is 0 Å². The number of hydrogen-bond acceptors (Lipinski definition) is 2. The number of amides is 1. The molecule has 17 heavy (non-hydrogen) atoms. The molecule has 1 amide bonds. The largest absolute Gasteiger partial charge is 0.366 e. The van der Waals surface area contributed by atoms with Crippen molar-refractivity contribution in [3.63, 3.8) is 0 Å². The molecule has 0 saturated carbocycles. The van der Waals surface area contributed by atoms with Gasteiger partial charge in [0.25, 0.3) is 0 Å². The van der Waals surface area contributed by atoms with Crippen LogP contribution >= 0.6 is 0 Å². The summed E-state index contributed by atoms with van der Waals surface area (Å²) in [6, 6.07) is 7.75. The van der Waals surface area contributed by atoms with Crippen molar-refractivity contribution in [2.45, 2.75) is 25.7 Å². The van der Waals surface area contributed by atoms with Gasteiger partial charge in [-0.15, -0.1) is 0 Å². The molecule has 1 fully saturated rings. The minimum Gasteiger partial charge on any atom is -0.366 e. The Hall–Kier alpha value is -1.35. The maximum atomic E-state index is 11.0. The van der Waals surface area contributed by atoms with Crippen LogP contribution < -0.4 is 5.73 Å². The zero-order valence-electron chi connectivity index (χ0n) is 10.4. The number of carbonyl (C=O) groups excluding carboxylic acids is 1. The molecule has 1 aromatic carbocycles. The summed E-state index contributed by atoms with van der Waals surface area (Å²) in [5.74, 6) is 0.263. The van der Waals surface area contributed by atoms with E-state index in [1.807, 2.05) is 24.3 Å². The zero-order chi connectivity index (χ0) is 12.3. The predicted octanol–water partition coefficient (Wildman–Crippen LogP) is 1.98. The zero-order valence-corrected chi connectivity index (χ0v) is 10.4. The first-order chi connectivity index (χ1) is 8.20. The second-order valence-electron chi connectivity index (χ2n) is 4.77. The fourth-order valence-electron chi connectivity index (χ4n) is 2.54. The lowest BCUT2D eigenvalue weighted by molar-refractivity contribution is 0.100. The molecule has 2 rings (SSSR count). The molecule has 3 heteroatoms. The number of nitrogens with two attached hydrogens (primary N) is 1. The van der Waals surface area contributed by atoms with Gasteiger partial charge in [-0.1, -0.05) is 19.1 Å². The molecule has 1 aromatic rings. The summed E-state index contributed by atoms with van der Waals surface area (Å²) in [6.45, 7) is 5.74. The third-order valence-corrected chi connectivity index (χ3v) is 3.48. The summed E-state index contributed by atoms with van der Waals surface area (Å²) < 4.78 is 0. The minimum absolute atomic E-state index is 0.351. The molecular formula is C14H20N2O. The van der Waals surface area contributed by atoms with Crippen LogP contribution in [0.15, 0.2) is 24.3 Å². The van der Waals surface area contributed by atoms with E-state index in [-0.39, 0.29) is 5.91 Å². The van der Waals surface area contributed by atoms with E-state index in [1.54, 1.807) is 0 Å². The number of benzene rings is 1. The van der Waals surface area contributed by atoms with E-state index in [1.165, 1.54) is 31.5 Å². The van der Waals surface area contributed by atoms with Crippen molar-refractivity contribution in [2.75, 3.05) is 19.6 Å². The summed E-state index contributed by atoms with van der Waals surface area (Å²) >= 11 is 0. The van der Waals surface area contributed by atoms with Crippen molar-refractivity contribution >= 4 is 5.91 Å². The van der Waals surface area contributed by atoms with E-state index in [4.69, 9.17) is 5.73 Å². The molecular weight excluding hydrogens is 212 g/mol. The Morgan fingerprint density at radius 3 is 2.71 bits per heavy atom. The second kappa shape index (κ2) is 5.32. The van der Waals surface area contributed by atoms with Crippen LogP contribution in [0.5, 0.6) is 0 Å². The molecule has 1 heterocycles. The Balaban J connectivity index is 2.01. The van der Waals surface area contributed by atoms with Crippen LogP contribution in [0, 0.1) is 0 Å². The molecule has 0 radical (unpaired) electrons. The van der Waals surface area contributed by atoms with Crippen LogP contribution in [0.2, 0.25) is 0 Å². The highest BCUT2D eigenvalue weighted by molar-refractivity contribution is 5.92. The average Bonchev–Trinajstić information content (AvgIpc) is 2.78. The van der Waals surface area contributed by atoms with Crippen LogP contribution in [-0.4, -0.2) is 30.4 Å². The lowest BCUT2D eigenvalue weighted by Gasteiger charge is -2.14. The summed E-state index contributed by atoms with van der Waals surface area (Å²) in [5, 5.41) is 0. The van der Waals surface area contributed by atoms with E-state index in [2.05, 4.69) is 11.8 Å². The Labute approximate surface area is 103 Å². The van der Waals surface area contributed by atoms with Crippen molar-refractivity contribution in [3.8, 4) is 0 Å². The third kappa shape index (κ3) is 2.86. The van der Waals surface area contributed by atoms with E-state index in [0.717, 1.165) is 6.54 Å². The molecule has 1 atom stereocenters. The summed E-state index contributed by atoms with van der Waals surface area (Å²) in [7, 11) is 0. The topological polar surface area (TPSA) is 46.3 Å². The lowest BCUT2D eigenvalue weighted by Crippen LogP contribution is -2.20. The first-order valence-corrected chi connectivity index (χ1v) is 6.33. The average molecular weight is 232 g/mol. The van der Waals surface area contributed by atoms with Gasteiger partial charge >= 0.3 is 0 Å². The number of rotatable bonds is 4. The van der Waals surface area contributed by atoms with Gasteiger partial charge in [0.1, 0.15) is 0 Å². The molecule has 0 spiro atoms. The number of hydrogen-bond donors (Lipinski definition) is 1. The highest BCUT2D eigenvalue weighted by Crippen LogP contribution is 2.27. The SMILES string of the molecule is CCCN1CC[C@@H](c2ccc(C(N)=O)cc2)C1. The Kier molecular flexibility index (Phi) is 3.79. The summed E-state index contributed by atoms with van der Waals surface area (Å²) in [4.78, 5) is 13.5. The van der Waals surface area contributed by atoms with Crippen LogP contribution in [-0.2, 0) is 0 Å².